The summed E-state index contributed by atoms with van der Waals surface area (Å²) in [5.41, 5.74) is 1.32. The fraction of sp³-hybridized carbons (Fsp3) is 0.238. The highest BCUT2D eigenvalue weighted by Crippen LogP contribution is 2.12. The first-order valence-electron chi connectivity index (χ1n) is 8.94. The molecule has 1 N–H and O–H groups in total. The molecule has 7 heteroatoms. The standard InChI is InChI=1S/C21H21N3O4/c1-3-24(13-14-7-5-4-6-8-14)19(25)12-18-22-17-11-15(21(27)28-2)9-10-16(17)20(26)23-18/h4-11H,3,12-13H2,1-2H3,(H,22,23,26). The molecule has 0 saturated carbocycles. The van der Waals surface area contributed by atoms with E-state index in [1.54, 1.807) is 4.90 Å². The van der Waals surface area contributed by atoms with Crippen molar-refractivity contribution in [3.05, 3.63) is 75.8 Å². The molecule has 0 atom stereocenters. The van der Waals surface area contributed by atoms with Gasteiger partial charge in [0.15, 0.2) is 0 Å². The molecular formula is C21H21N3O4. The summed E-state index contributed by atoms with van der Waals surface area (Å²) in [5, 5.41) is 0.348. The molecule has 1 aromatic heterocycles. The first kappa shape index (κ1) is 19.3. The monoisotopic (exact) mass is 379 g/mol. The second kappa shape index (κ2) is 8.47. The Bertz CT molecular complexity index is 1060. The van der Waals surface area contributed by atoms with Gasteiger partial charge in [0, 0.05) is 13.1 Å². The highest BCUT2D eigenvalue weighted by molar-refractivity contribution is 5.94. The second-order valence-electron chi connectivity index (χ2n) is 6.31. The van der Waals surface area contributed by atoms with Crippen LogP contribution in [0.3, 0.4) is 0 Å². The number of hydrogen-bond acceptors (Lipinski definition) is 5. The smallest absolute Gasteiger partial charge is 0.337 e. The van der Waals surface area contributed by atoms with Crippen LogP contribution in [0.25, 0.3) is 10.9 Å². The van der Waals surface area contributed by atoms with Crippen molar-refractivity contribution >= 4 is 22.8 Å². The second-order valence-corrected chi connectivity index (χ2v) is 6.31. The Morgan fingerprint density at radius 1 is 1.14 bits per heavy atom. The van der Waals surface area contributed by atoms with Crippen LogP contribution in [-0.2, 0) is 22.5 Å². The molecule has 0 saturated heterocycles. The number of amides is 1. The predicted octanol–water partition coefficient (Wildman–Crippen LogP) is 2.30. The number of likely N-dealkylation sites (N-methyl/N-ethyl adjacent to an activating group) is 1. The number of aromatic nitrogens is 2. The molecule has 0 spiro atoms. The Labute approximate surface area is 162 Å². The number of carbonyl (C=O) groups is 2. The minimum atomic E-state index is -0.512. The number of nitrogens with one attached hydrogen (secondary N) is 1. The van der Waals surface area contributed by atoms with E-state index in [1.165, 1.54) is 25.3 Å². The molecule has 0 unspecified atom stereocenters. The molecular weight excluding hydrogens is 358 g/mol. The summed E-state index contributed by atoms with van der Waals surface area (Å²) < 4.78 is 4.70. The molecule has 2 aromatic carbocycles. The number of rotatable bonds is 6. The van der Waals surface area contributed by atoms with Crippen molar-refractivity contribution in [3.8, 4) is 0 Å². The Balaban J connectivity index is 1.85. The summed E-state index contributed by atoms with van der Waals surface area (Å²) >= 11 is 0. The van der Waals surface area contributed by atoms with E-state index in [2.05, 4.69) is 9.97 Å². The first-order chi connectivity index (χ1) is 13.5. The van der Waals surface area contributed by atoms with Gasteiger partial charge in [0.1, 0.15) is 5.82 Å². The molecule has 3 aromatic rings. The van der Waals surface area contributed by atoms with Gasteiger partial charge in [-0.25, -0.2) is 9.78 Å². The maximum Gasteiger partial charge on any atom is 0.337 e. The molecule has 1 amide bonds. The van der Waals surface area contributed by atoms with Gasteiger partial charge in [-0.15, -0.1) is 0 Å². The van der Waals surface area contributed by atoms with Crippen molar-refractivity contribution in [2.75, 3.05) is 13.7 Å². The molecule has 0 bridgehead atoms. The number of hydrogen-bond donors (Lipinski definition) is 1. The molecule has 0 aliphatic heterocycles. The van der Waals surface area contributed by atoms with Crippen molar-refractivity contribution < 1.29 is 14.3 Å². The highest BCUT2D eigenvalue weighted by atomic mass is 16.5. The van der Waals surface area contributed by atoms with E-state index >= 15 is 0 Å². The van der Waals surface area contributed by atoms with Crippen LogP contribution in [0.5, 0.6) is 0 Å². The molecule has 0 aliphatic carbocycles. The Morgan fingerprint density at radius 3 is 2.57 bits per heavy atom. The van der Waals surface area contributed by atoms with E-state index in [0.717, 1.165) is 5.56 Å². The van der Waals surface area contributed by atoms with Crippen LogP contribution in [0.15, 0.2) is 53.3 Å². The van der Waals surface area contributed by atoms with Crippen LogP contribution in [0.4, 0.5) is 0 Å². The van der Waals surface area contributed by atoms with E-state index in [9.17, 15) is 14.4 Å². The molecule has 28 heavy (non-hydrogen) atoms. The van der Waals surface area contributed by atoms with Gasteiger partial charge in [-0.3, -0.25) is 9.59 Å². The lowest BCUT2D eigenvalue weighted by Crippen LogP contribution is -2.32. The first-order valence-corrected chi connectivity index (χ1v) is 8.94. The van der Waals surface area contributed by atoms with Gasteiger partial charge < -0.3 is 14.6 Å². The fourth-order valence-corrected chi connectivity index (χ4v) is 2.95. The number of methoxy groups -OCH3 is 1. The van der Waals surface area contributed by atoms with E-state index in [1.807, 2.05) is 37.3 Å². The SMILES string of the molecule is CCN(Cc1ccccc1)C(=O)Cc1nc2cc(C(=O)OC)ccc2c(=O)[nH]1. The number of esters is 1. The van der Waals surface area contributed by atoms with Crippen molar-refractivity contribution in [2.24, 2.45) is 0 Å². The summed E-state index contributed by atoms with van der Waals surface area (Å²) in [6.07, 6.45) is -0.0334. The maximum absolute atomic E-state index is 12.7. The number of ether oxygens (including phenoxy) is 1. The van der Waals surface area contributed by atoms with E-state index < -0.39 is 5.97 Å². The Kier molecular flexibility index (Phi) is 5.84. The number of H-pyrrole nitrogens is 1. The average molecular weight is 379 g/mol. The van der Waals surface area contributed by atoms with Crippen molar-refractivity contribution in [2.45, 2.75) is 19.9 Å². The Morgan fingerprint density at radius 2 is 1.89 bits per heavy atom. The summed E-state index contributed by atoms with van der Waals surface area (Å²) in [6, 6.07) is 14.2. The number of aromatic amines is 1. The van der Waals surface area contributed by atoms with Crippen molar-refractivity contribution in [1.82, 2.24) is 14.9 Å². The molecule has 1 heterocycles. The predicted molar refractivity (Wildman–Crippen MR) is 105 cm³/mol. The summed E-state index contributed by atoms with van der Waals surface area (Å²) in [6.45, 7) is 2.93. The van der Waals surface area contributed by atoms with Crippen LogP contribution in [0.1, 0.15) is 28.7 Å². The van der Waals surface area contributed by atoms with Gasteiger partial charge in [0.2, 0.25) is 5.91 Å². The zero-order valence-electron chi connectivity index (χ0n) is 15.8. The topological polar surface area (TPSA) is 92.4 Å². The van der Waals surface area contributed by atoms with Crippen LogP contribution in [0, 0.1) is 0 Å². The van der Waals surface area contributed by atoms with Crippen LogP contribution < -0.4 is 5.56 Å². The van der Waals surface area contributed by atoms with E-state index in [4.69, 9.17) is 4.74 Å². The minimum absolute atomic E-state index is 0.0334. The van der Waals surface area contributed by atoms with Gasteiger partial charge >= 0.3 is 5.97 Å². The highest BCUT2D eigenvalue weighted by Gasteiger charge is 2.16. The third-order valence-electron chi connectivity index (χ3n) is 4.45. The third-order valence-corrected chi connectivity index (χ3v) is 4.45. The summed E-state index contributed by atoms with van der Waals surface area (Å²) in [4.78, 5) is 45.5. The lowest BCUT2D eigenvalue weighted by atomic mass is 10.1. The van der Waals surface area contributed by atoms with Gasteiger partial charge in [-0.1, -0.05) is 30.3 Å². The largest absolute Gasteiger partial charge is 0.465 e. The van der Waals surface area contributed by atoms with Crippen LogP contribution >= 0.6 is 0 Å². The number of fused-ring (bicyclic) bond motifs is 1. The van der Waals surface area contributed by atoms with Gasteiger partial charge in [-0.2, -0.15) is 0 Å². The maximum atomic E-state index is 12.7. The van der Waals surface area contributed by atoms with E-state index in [-0.39, 0.29) is 23.7 Å². The molecule has 0 radical (unpaired) electrons. The normalized spacial score (nSPS) is 10.6. The van der Waals surface area contributed by atoms with Gasteiger partial charge in [0.25, 0.3) is 5.56 Å². The van der Waals surface area contributed by atoms with Gasteiger partial charge in [-0.05, 0) is 30.7 Å². The number of carbonyl (C=O) groups excluding carboxylic acids is 2. The molecule has 7 nitrogen and oxygen atoms in total. The molecule has 0 aliphatic rings. The van der Waals surface area contributed by atoms with Gasteiger partial charge in [0.05, 0.1) is 30.0 Å². The van der Waals surface area contributed by atoms with Crippen LogP contribution in [-0.4, -0.2) is 40.4 Å². The minimum Gasteiger partial charge on any atom is -0.465 e. The lowest BCUT2D eigenvalue weighted by Gasteiger charge is -2.21. The zero-order chi connectivity index (χ0) is 20.1. The molecule has 144 valence electrons. The lowest BCUT2D eigenvalue weighted by molar-refractivity contribution is -0.131. The third kappa shape index (κ3) is 4.25. The quantitative estimate of drug-likeness (QED) is 0.664. The van der Waals surface area contributed by atoms with Crippen LogP contribution in [0.2, 0.25) is 0 Å². The Hall–Kier alpha value is -3.48. The zero-order valence-corrected chi connectivity index (χ0v) is 15.8. The summed E-state index contributed by atoms with van der Waals surface area (Å²) in [5.74, 6) is -0.393. The number of benzene rings is 2. The van der Waals surface area contributed by atoms with Crippen molar-refractivity contribution in [3.63, 3.8) is 0 Å². The molecule has 0 fully saturated rings. The fourth-order valence-electron chi connectivity index (χ4n) is 2.95. The number of nitrogens with zero attached hydrogens (tertiary/aromatic N) is 2. The average Bonchev–Trinajstić information content (AvgIpc) is 2.71. The molecule has 3 rings (SSSR count). The summed E-state index contributed by atoms with van der Waals surface area (Å²) in [7, 11) is 1.29. The van der Waals surface area contributed by atoms with E-state index in [0.29, 0.717) is 29.6 Å². The van der Waals surface area contributed by atoms with Crippen molar-refractivity contribution in [1.29, 1.82) is 0 Å².